The van der Waals surface area contributed by atoms with Crippen molar-refractivity contribution in [2.45, 2.75) is 58.7 Å². The maximum Gasteiger partial charge on any atom is 0.125 e. The van der Waals surface area contributed by atoms with E-state index in [1.807, 2.05) is 6.07 Å². The Hall–Kier alpha value is -0.730. The molecule has 1 heterocycles. The smallest absolute Gasteiger partial charge is 0.125 e. The predicted molar refractivity (Wildman–Crippen MR) is 79.5 cm³/mol. The van der Waals surface area contributed by atoms with Crippen LogP contribution in [0.25, 0.3) is 0 Å². The molecular weight excluding hydrogens is 260 g/mol. The summed E-state index contributed by atoms with van der Waals surface area (Å²) in [7, 11) is 1.74. The SMILES string of the molecule is CCC(CC1OC1C)c1c(C)c(Cl)cc(C)c1OC. The Balaban J connectivity index is 2.39. The fourth-order valence-electron chi connectivity index (χ4n) is 2.88. The first kappa shape index (κ1) is 14.7. The molecule has 0 saturated carbocycles. The van der Waals surface area contributed by atoms with Crippen LogP contribution in [-0.4, -0.2) is 19.3 Å². The van der Waals surface area contributed by atoms with E-state index in [0.29, 0.717) is 18.1 Å². The summed E-state index contributed by atoms with van der Waals surface area (Å²) in [4.78, 5) is 0. The van der Waals surface area contributed by atoms with Crippen LogP contribution in [0.1, 0.15) is 49.3 Å². The standard InChI is InChI=1S/C16H23ClO2/c1-6-12(8-14-11(4)19-14)15-10(3)13(17)7-9(2)16(15)18-5/h7,11-12,14H,6,8H2,1-5H3. The molecule has 3 unspecified atom stereocenters. The summed E-state index contributed by atoms with van der Waals surface area (Å²) in [6, 6.07) is 1.99. The van der Waals surface area contributed by atoms with Crippen molar-refractivity contribution in [3.63, 3.8) is 0 Å². The molecule has 0 bridgehead atoms. The monoisotopic (exact) mass is 282 g/mol. The third-order valence-corrected chi connectivity index (χ3v) is 4.56. The third kappa shape index (κ3) is 2.90. The first-order valence-corrected chi connectivity index (χ1v) is 7.36. The number of methoxy groups -OCH3 is 1. The van der Waals surface area contributed by atoms with Crippen LogP contribution in [0.5, 0.6) is 5.75 Å². The highest BCUT2D eigenvalue weighted by molar-refractivity contribution is 6.31. The molecule has 1 saturated heterocycles. The number of aryl methyl sites for hydroxylation is 1. The first-order chi connectivity index (χ1) is 8.99. The normalized spacial score (nSPS) is 23.3. The topological polar surface area (TPSA) is 21.8 Å². The van der Waals surface area contributed by atoms with Crippen LogP contribution in [0.2, 0.25) is 5.02 Å². The van der Waals surface area contributed by atoms with Gasteiger partial charge < -0.3 is 9.47 Å². The molecule has 1 aromatic rings. The minimum atomic E-state index is 0.397. The van der Waals surface area contributed by atoms with E-state index in [9.17, 15) is 0 Å². The van der Waals surface area contributed by atoms with Gasteiger partial charge >= 0.3 is 0 Å². The van der Waals surface area contributed by atoms with E-state index >= 15 is 0 Å². The summed E-state index contributed by atoms with van der Waals surface area (Å²) in [5.41, 5.74) is 3.51. The summed E-state index contributed by atoms with van der Waals surface area (Å²) in [5.74, 6) is 1.43. The van der Waals surface area contributed by atoms with Gasteiger partial charge in [-0.15, -0.1) is 0 Å². The van der Waals surface area contributed by atoms with Crippen LogP contribution >= 0.6 is 11.6 Å². The molecule has 1 aromatic carbocycles. The molecule has 1 fully saturated rings. The molecule has 19 heavy (non-hydrogen) atoms. The lowest BCUT2D eigenvalue weighted by atomic mass is 9.86. The molecule has 3 heteroatoms. The lowest BCUT2D eigenvalue weighted by Gasteiger charge is -2.22. The van der Waals surface area contributed by atoms with Crippen molar-refractivity contribution in [3.8, 4) is 5.75 Å². The quantitative estimate of drug-likeness (QED) is 0.734. The fraction of sp³-hybridized carbons (Fsp3) is 0.625. The number of ether oxygens (including phenoxy) is 2. The van der Waals surface area contributed by atoms with Crippen LogP contribution in [-0.2, 0) is 4.74 Å². The van der Waals surface area contributed by atoms with E-state index in [1.165, 1.54) is 5.56 Å². The molecule has 0 radical (unpaired) electrons. The van der Waals surface area contributed by atoms with E-state index in [2.05, 4.69) is 27.7 Å². The molecule has 2 nitrogen and oxygen atoms in total. The summed E-state index contributed by atoms with van der Waals surface area (Å²) < 4.78 is 11.2. The molecule has 106 valence electrons. The second-order valence-electron chi connectivity index (χ2n) is 5.47. The first-order valence-electron chi connectivity index (χ1n) is 6.98. The van der Waals surface area contributed by atoms with Crippen molar-refractivity contribution >= 4 is 11.6 Å². The van der Waals surface area contributed by atoms with Crippen LogP contribution in [0.3, 0.4) is 0 Å². The van der Waals surface area contributed by atoms with Gasteiger partial charge in [-0.1, -0.05) is 18.5 Å². The van der Waals surface area contributed by atoms with Gasteiger partial charge in [0, 0.05) is 10.6 Å². The molecule has 1 aliphatic heterocycles. The van der Waals surface area contributed by atoms with Gasteiger partial charge in [-0.2, -0.15) is 0 Å². The van der Waals surface area contributed by atoms with Gasteiger partial charge in [-0.25, -0.2) is 0 Å². The molecule has 0 N–H and O–H groups in total. The Morgan fingerprint density at radius 1 is 1.42 bits per heavy atom. The third-order valence-electron chi connectivity index (χ3n) is 4.17. The van der Waals surface area contributed by atoms with Gasteiger partial charge in [0.15, 0.2) is 0 Å². The number of halogens is 1. The second kappa shape index (κ2) is 5.72. The minimum Gasteiger partial charge on any atom is -0.496 e. The molecule has 0 amide bonds. The summed E-state index contributed by atoms with van der Waals surface area (Å²) in [5, 5.41) is 0.830. The highest BCUT2D eigenvalue weighted by Crippen LogP contribution is 2.42. The van der Waals surface area contributed by atoms with E-state index in [4.69, 9.17) is 21.1 Å². The number of hydrogen-bond donors (Lipinski definition) is 0. The Bertz CT molecular complexity index is 470. The second-order valence-corrected chi connectivity index (χ2v) is 5.87. The Kier molecular flexibility index (Phi) is 4.42. The summed E-state index contributed by atoms with van der Waals surface area (Å²) in [6.45, 7) is 8.48. The maximum atomic E-state index is 6.34. The fourth-order valence-corrected chi connectivity index (χ4v) is 3.15. The van der Waals surface area contributed by atoms with Gasteiger partial charge in [0.1, 0.15) is 5.75 Å². The van der Waals surface area contributed by atoms with Crippen molar-refractivity contribution in [2.75, 3.05) is 7.11 Å². The lowest BCUT2D eigenvalue weighted by molar-refractivity contribution is 0.352. The Labute approximate surface area is 121 Å². The summed E-state index contributed by atoms with van der Waals surface area (Å²) in [6.07, 6.45) is 2.92. The molecule has 0 aromatic heterocycles. The molecular formula is C16H23ClO2. The predicted octanol–water partition coefficient (Wildman–Crippen LogP) is 4.64. The van der Waals surface area contributed by atoms with Crippen molar-refractivity contribution in [1.82, 2.24) is 0 Å². The maximum absolute atomic E-state index is 6.34. The lowest BCUT2D eigenvalue weighted by Crippen LogP contribution is -2.08. The van der Waals surface area contributed by atoms with Gasteiger partial charge in [-0.3, -0.25) is 0 Å². The molecule has 0 spiro atoms. The van der Waals surface area contributed by atoms with Crippen molar-refractivity contribution in [1.29, 1.82) is 0 Å². The number of benzene rings is 1. The Morgan fingerprint density at radius 2 is 2.05 bits per heavy atom. The molecule has 2 rings (SSSR count). The highest BCUT2D eigenvalue weighted by Gasteiger charge is 2.37. The average Bonchev–Trinajstić information content (AvgIpc) is 3.06. The zero-order valence-corrected chi connectivity index (χ0v) is 13.2. The van der Waals surface area contributed by atoms with Gasteiger partial charge in [0.05, 0.1) is 19.3 Å². The highest BCUT2D eigenvalue weighted by atomic mass is 35.5. The Morgan fingerprint density at radius 3 is 2.53 bits per heavy atom. The van der Waals surface area contributed by atoms with E-state index in [0.717, 1.165) is 34.7 Å². The number of epoxide rings is 1. The van der Waals surface area contributed by atoms with Gasteiger partial charge in [0.2, 0.25) is 0 Å². The van der Waals surface area contributed by atoms with Gasteiger partial charge in [0.25, 0.3) is 0 Å². The van der Waals surface area contributed by atoms with E-state index in [1.54, 1.807) is 7.11 Å². The van der Waals surface area contributed by atoms with E-state index in [-0.39, 0.29) is 0 Å². The minimum absolute atomic E-state index is 0.397. The van der Waals surface area contributed by atoms with Crippen molar-refractivity contribution < 1.29 is 9.47 Å². The number of hydrogen-bond acceptors (Lipinski definition) is 2. The molecule has 1 aliphatic rings. The molecule has 0 aliphatic carbocycles. The van der Waals surface area contributed by atoms with Crippen molar-refractivity contribution in [2.24, 2.45) is 0 Å². The largest absolute Gasteiger partial charge is 0.496 e. The van der Waals surface area contributed by atoms with Crippen LogP contribution in [0.15, 0.2) is 6.07 Å². The van der Waals surface area contributed by atoms with Crippen LogP contribution < -0.4 is 4.74 Å². The zero-order chi connectivity index (χ0) is 14.2. The van der Waals surface area contributed by atoms with Gasteiger partial charge in [-0.05, 0) is 56.7 Å². The zero-order valence-electron chi connectivity index (χ0n) is 12.4. The number of rotatable bonds is 5. The summed E-state index contributed by atoms with van der Waals surface area (Å²) >= 11 is 6.34. The van der Waals surface area contributed by atoms with Crippen LogP contribution in [0, 0.1) is 13.8 Å². The van der Waals surface area contributed by atoms with Crippen LogP contribution in [0.4, 0.5) is 0 Å². The average molecular weight is 283 g/mol. The molecule has 3 atom stereocenters. The van der Waals surface area contributed by atoms with Crippen molar-refractivity contribution in [3.05, 3.63) is 27.8 Å². The van der Waals surface area contributed by atoms with E-state index < -0.39 is 0 Å².